The van der Waals surface area contributed by atoms with Gasteiger partial charge in [-0.3, -0.25) is 4.79 Å². The standard InChI is InChI=1S/C25H31ClN2O4S/c26-22-11-10-21(18-23(22)33(31,32)28-14-6-1-2-7-15-28)25(30)27-16-12-20(13-17-27)24(29)19-8-4-3-5-9-19/h3-5,8-11,18,20,24,29H,1-2,6-7,12-17H2. The van der Waals surface area contributed by atoms with E-state index in [2.05, 4.69) is 0 Å². The first-order valence-electron chi connectivity index (χ1n) is 11.7. The largest absolute Gasteiger partial charge is 0.388 e. The molecule has 1 unspecified atom stereocenters. The Kier molecular flexibility index (Phi) is 7.74. The number of halogens is 1. The van der Waals surface area contributed by atoms with E-state index in [1.807, 2.05) is 30.3 Å². The number of sulfonamides is 1. The van der Waals surface area contributed by atoms with Crippen molar-refractivity contribution in [2.75, 3.05) is 26.2 Å². The Balaban J connectivity index is 1.46. The fourth-order valence-electron chi connectivity index (χ4n) is 4.78. The number of rotatable bonds is 5. The van der Waals surface area contributed by atoms with Gasteiger partial charge in [-0.15, -0.1) is 0 Å². The Morgan fingerprint density at radius 3 is 2.21 bits per heavy atom. The van der Waals surface area contributed by atoms with Gasteiger partial charge >= 0.3 is 0 Å². The fraction of sp³-hybridized carbons (Fsp3) is 0.480. The van der Waals surface area contributed by atoms with E-state index in [9.17, 15) is 18.3 Å². The number of carbonyl (C=O) groups excluding carboxylic acids is 1. The van der Waals surface area contributed by atoms with E-state index in [1.54, 1.807) is 11.0 Å². The van der Waals surface area contributed by atoms with Crippen molar-refractivity contribution in [3.05, 3.63) is 64.7 Å². The molecule has 0 saturated carbocycles. The molecule has 2 aromatic rings. The zero-order valence-electron chi connectivity index (χ0n) is 18.7. The molecular formula is C25H31ClN2O4S. The molecule has 1 atom stereocenters. The highest BCUT2D eigenvalue weighted by atomic mass is 35.5. The van der Waals surface area contributed by atoms with E-state index >= 15 is 0 Å². The molecule has 0 aromatic heterocycles. The van der Waals surface area contributed by atoms with Crippen molar-refractivity contribution in [3.8, 4) is 0 Å². The Labute approximate surface area is 201 Å². The first kappa shape index (κ1) is 24.2. The molecule has 4 rings (SSSR count). The van der Waals surface area contributed by atoms with Gasteiger partial charge in [0.1, 0.15) is 4.90 Å². The number of aliphatic hydroxyl groups excluding tert-OH is 1. The Morgan fingerprint density at radius 2 is 1.58 bits per heavy atom. The highest BCUT2D eigenvalue weighted by molar-refractivity contribution is 7.89. The lowest BCUT2D eigenvalue weighted by Gasteiger charge is -2.34. The maximum Gasteiger partial charge on any atom is 0.253 e. The second kappa shape index (κ2) is 10.6. The van der Waals surface area contributed by atoms with Crippen LogP contribution in [0.2, 0.25) is 5.02 Å². The van der Waals surface area contributed by atoms with Crippen LogP contribution in [-0.2, 0) is 10.0 Å². The molecular weight excluding hydrogens is 460 g/mol. The van der Waals surface area contributed by atoms with Crippen LogP contribution in [0.1, 0.15) is 60.6 Å². The second-order valence-corrected chi connectivity index (χ2v) is 11.3. The highest BCUT2D eigenvalue weighted by Crippen LogP contribution is 2.32. The summed E-state index contributed by atoms with van der Waals surface area (Å²) in [6.07, 6.45) is 4.53. The zero-order chi connectivity index (χ0) is 23.4. The molecule has 0 radical (unpaired) electrons. The molecule has 0 bridgehead atoms. The maximum absolute atomic E-state index is 13.3. The van der Waals surface area contributed by atoms with Gasteiger partial charge < -0.3 is 10.0 Å². The van der Waals surface area contributed by atoms with Crippen LogP contribution in [0, 0.1) is 5.92 Å². The highest BCUT2D eigenvalue weighted by Gasteiger charge is 2.31. The van der Waals surface area contributed by atoms with Gasteiger partial charge in [0.2, 0.25) is 10.0 Å². The van der Waals surface area contributed by atoms with Crippen LogP contribution in [0.3, 0.4) is 0 Å². The lowest BCUT2D eigenvalue weighted by atomic mass is 9.87. The van der Waals surface area contributed by atoms with Crippen molar-refractivity contribution in [1.82, 2.24) is 9.21 Å². The Bertz CT molecular complexity index is 1060. The van der Waals surface area contributed by atoms with Gasteiger partial charge in [0, 0.05) is 31.7 Å². The summed E-state index contributed by atoms with van der Waals surface area (Å²) in [4.78, 5) is 14.9. The smallest absolute Gasteiger partial charge is 0.253 e. The normalized spacial score (nSPS) is 19.8. The molecule has 2 aliphatic heterocycles. The van der Waals surface area contributed by atoms with Crippen molar-refractivity contribution in [2.45, 2.75) is 49.5 Å². The van der Waals surface area contributed by atoms with E-state index in [0.29, 0.717) is 44.6 Å². The van der Waals surface area contributed by atoms with Crippen LogP contribution in [0.25, 0.3) is 0 Å². The van der Waals surface area contributed by atoms with Crippen molar-refractivity contribution < 1.29 is 18.3 Å². The van der Waals surface area contributed by atoms with E-state index in [0.717, 1.165) is 31.2 Å². The van der Waals surface area contributed by atoms with Crippen LogP contribution in [0.4, 0.5) is 0 Å². The minimum atomic E-state index is -3.76. The predicted molar refractivity (Wildman–Crippen MR) is 129 cm³/mol. The molecule has 2 heterocycles. The van der Waals surface area contributed by atoms with Crippen molar-refractivity contribution in [1.29, 1.82) is 0 Å². The molecule has 8 heteroatoms. The molecule has 2 fully saturated rings. The monoisotopic (exact) mass is 490 g/mol. The number of hydrogen-bond donors (Lipinski definition) is 1. The number of amides is 1. The summed E-state index contributed by atoms with van der Waals surface area (Å²) in [5, 5.41) is 10.8. The van der Waals surface area contributed by atoms with Crippen LogP contribution in [0.15, 0.2) is 53.4 Å². The molecule has 1 amide bonds. The second-order valence-electron chi connectivity index (χ2n) is 8.95. The summed E-state index contributed by atoms with van der Waals surface area (Å²) < 4.78 is 28.0. The molecule has 1 N–H and O–H groups in total. The molecule has 2 aliphatic rings. The van der Waals surface area contributed by atoms with Crippen molar-refractivity contribution in [2.24, 2.45) is 5.92 Å². The van der Waals surface area contributed by atoms with Crippen LogP contribution in [0.5, 0.6) is 0 Å². The van der Waals surface area contributed by atoms with Crippen molar-refractivity contribution in [3.63, 3.8) is 0 Å². The van der Waals surface area contributed by atoms with Gasteiger partial charge in [0.05, 0.1) is 11.1 Å². The average molecular weight is 491 g/mol. The molecule has 178 valence electrons. The number of carbonyl (C=O) groups is 1. The van der Waals surface area contributed by atoms with Gasteiger partial charge in [0.15, 0.2) is 0 Å². The number of nitrogens with zero attached hydrogens (tertiary/aromatic N) is 2. The summed E-state index contributed by atoms with van der Waals surface area (Å²) in [6, 6.07) is 14.1. The topological polar surface area (TPSA) is 77.9 Å². The quantitative estimate of drug-likeness (QED) is 0.669. The van der Waals surface area contributed by atoms with Crippen LogP contribution >= 0.6 is 11.6 Å². The molecule has 2 aromatic carbocycles. The van der Waals surface area contributed by atoms with Gasteiger partial charge in [-0.05, 0) is 55.4 Å². The predicted octanol–water partition coefficient (Wildman–Crippen LogP) is 4.49. The molecule has 0 spiro atoms. The van der Waals surface area contributed by atoms with Gasteiger partial charge in [0.25, 0.3) is 5.91 Å². The first-order valence-corrected chi connectivity index (χ1v) is 13.5. The summed E-state index contributed by atoms with van der Waals surface area (Å²) in [5.74, 6) is -0.118. The third-order valence-electron chi connectivity index (χ3n) is 6.78. The minimum Gasteiger partial charge on any atom is -0.388 e. The third kappa shape index (κ3) is 5.43. The molecule has 0 aliphatic carbocycles. The summed E-state index contributed by atoms with van der Waals surface area (Å²) >= 11 is 6.28. The Morgan fingerprint density at radius 1 is 0.939 bits per heavy atom. The molecule has 33 heavy (non-hydrogen) atoms. The third-order valence-corrected chi connectivity index (χ3v) is 9.16. The number of benzene rings is 2. The molecule has 6 nitrogen and oxygen atoms in total. The average Bonchev–Trinajstić information content (AvgIpc) is 3.14. The van der Waals surface area contributed by atoms with E-state index < -0.39 is 16.1 Å². The van der Waals surface area contributed by atoms with Crippen LogP contribution < -0.4 is 0 Å². The lowest BCUT2D eigenvalue weighted by Crippen LogP contribution is -2.40. The maximum atomic E-state index is 13.3. The van der Waals surface area contributed by atoms with Crippen molar-refractivity contribution >= 4 is 27.5 Å². The van der Waals surface area contributed by atoms with Gasteiger partial charge in [-0.2, -0.15) is 4.31 Å². The molecule has 2 saturated heterocycles. The lowest BCUT2D eigenvalue weighted by molar-refractivity contribution is 0.0462. The number of likely N-dealkylation sites (tertiary alicyclic amines) is 1. The fourth-order valence-corrected chi connectivity index (χ4v) is 6.80. The van der Waals surface area contributed by atoms with Crippen LogP contribution in [-0.4, -0.2) is 54.8 Å². The summed E-state index contributed by atoms with van der Waals surface area (Å²) in [7, 11) is -3.76. The van der Waals surface area contributed by atoms with E-state index in [-0.39, 0.29) is 21.7 Å². The first-order chi connectivity index (χ1) is 15.9. The zero-order valence-corrected chi connectivity index (χ0v) is 20.3. The van der Waals surface area contributed by atoms with Gasteiger partial charge in [-0.25, -0.2) is 8.42 Å². The minimum absolute atomic E-state index is 0.00584. The summed E-state index contributed by atoms with van der Waals surface area (Å²) in [5.41, 5.74) is 1.22. The van der Waals surface area contributed by atoms with Gasteiger partial charge in [-0.1, -0.05) is 54.8 Å². The summed E-state index contributed by atoms with van der Waals surface area (Å²) in [6.45, 7) is 2.00. The number of hydrogen-bond acceptors (Lipinski definition) is 4. The van der Waals surface area contributed by atoms with E-state index in [4.69, 9.17) is 11.6 Å². The number of piperidine rings is 1. The SMILES string of the molecule is O=C(c1ccc(Cl)c(S(=O)(=O)N2CCCCCC2)c1)N1CCC(C(O)c2ccccc2)CC1. The Hall–Kier alpha value is -1.93. The number of aliphatic hydroxyl groups is 1. The van der Waals surface area contributed by atoms with E-state index in [1.165, 1.54) is 16.4 Å².